The third kappa shape index (κ3) is 4.36. The lowest BCUT2D eigenvalue weighted by atomic mass is 9.90. The highest BCUT2D eigenvalue weighted by Crippen LogP contribution is 2.14. The Labute approximate surface area is 121 Å². The Hall–Kier alpha value is -1.86. The fourth-order valence-electron chi connectivity index (χ4n) is 1.82. The van der Waals surface area contributed by atoms with E-state index in [0.717, 1.165) is 0 Å². The van der Waals surface area contributed by atoms with Gasteiger partial charge in [0.15, 0.2) is 6.54 Å². The number of nitrogens with zero attached hydrogens (tertiary/aromatic N) is 1. The van der Waals surface area contributed by atoms with Crippen molar-refractivity contribution in [2.24, 2.45) is 5.92 Å². The maximum absolute atomic E-state index is 12.0. The SMILES string of the molecule is CC(C)[C@](C)(C#N)NC(=O)C[NH2+][C@@H](C)c1ccccc1. The number of hydrogen-bond donors (Lipinski definition) is 2. The molecular weight excluding hydrogens is 250 g/mol. The first kappa shape index (κ1) is 16.2. The Morgan fingerprint density at radius 1 is 1.35 bits per heavy atom. The molecule has 1 rings (SSSR count). The molecular formula is C16H24N3O+. The van der Waals surface area contributed by atoms with Crippen LogP contribution in [0.25, 0.3) is 0 Å². The van der Waals surface area contributed by atoms with Crippen LogP contribution in [0.5, 0.6) is 0 Å². The van der Waals surface area contributed by atoms with E-state index in [1.165, 1.54) is 5.56 Å². The molecule has 0 spiro atoms. The van der Waals surface area contributed by atoms with Crippen LogP contribution in [0.15, 0.2) is 30.3 Å². The Morgan fingerprint density at radius 3 is 2.45 bits per heavy atom. The van der Waals surface area contributed by atoms with Gasteiger partial charge in [0.1, 0.15) is 11.6 Å². The average molecular weight is 274 g/mol. The molecule has 1 aromatic rings. The number of nitrogens with two attached hydrogens (primary N) is 1. The number of nitrogens with one attached hydrogen (secondary N) is 1. The number of hydrogen-bond acceptors (Lipinski definition) is 2. The molecule has 108 valence electrons. The van der Waals surface area contributed by atoms with Crippen LogP contribution < -0.4 is 10.6 Å². The summed E-state index contributed by atoms with van der Waals surface area (Å²) in [4.78, 5) is 12.0. The molecule has 2 atom stereocenters. The minimum atomic E-state index is -0.805. The minimum absolute atomic E-state index is 0.0722. The van der Waals surface area contributed by atoms with Gasteiger partial charge in [-0.1, -0.05) is 44.2 Å². The molecule has 0 heterocycles. The average Bonchev–Trinajstić information content (AvgIpc) is 2.45. The summed E-state index contributed by atoms with van der Waals surface area (Å²) in [5, 5.41) is 14.0. The number of nitriles is 1. The van der Waals surface area contributed by atoms with Gasteiger partial charge in [0.2, 0.25) is 0 Å². The summed E-state index contributed by atoms with van der Waals surface area (Å²) in [7, 11) is 0. The zero-order valence-corrected chi connectivity index (χ0v) is 12.7. The van der Waals surface area contributed by atoms with E-state index in [1.807, 2.05) is 49.5 Å². The van der Waals surface area contributed by atoms with E-state index in [2.05, 4.69) is 18.3 Å². The standard InChI is InChI=1S/C16H23N3O/c1-12(2)16(4,11-17)19-15(20)10-18-13(3)14-8-6-5-7-9-14/h5-9,12-13,18H,10H2,1-4H3,(H,19,20)/p+1/t13-,16-/m0/s1. The second kappa shape index (κ2) is 7.06. The first-order valence-corrected chi connectivity index (χ1v) is 6.99. The van der Waals surface area contributed by atoms with Gasteiger partial charge in [-0.05, 0) is 19.8 Å². The van der Waals surface area contributed by atoms with Crippen LogP contribution in [0.1, 0.15) is 39.3 Å². The highest BCUT2D eigenvalue weighted by Gasteiger charge is 2.30. The van der Waals surface area contributed by atoms with Crippen molar-refractivity contribution in [1.29, 1.82) is 5.26 Å². The zero-order valence-electron chi connectivity index (χ0n) is 12.7. The molecule has 0 fully saturated rings. The third-order valence-electron chi connectivity index (χ3n) is 3.77. The second-order valence-electron chi connectivity index (χ2n) is 5.66. The summed E-state index contributed by atoms with van der Waals surface area (Å²) in [5.74, 6) is -0.0338. The highest BCUT2D eigenvalue weighted by atomic mass is 16.2. The van der Waals surface area contributed by atoms with Crippen molar-refractivity contribution in [3.8, 4) is 6.07 Å². The van der Waals surface area contributed by atoms with E-state index in [1.54, 1.807) is 6.92 Å². The molecule has 0 saturated carbocycles. The number of benzene rings is 1. The molecule has 0 aliphatic heterocycles. The van der Waals surface area contributed by atoms with Gasteiger partial charge in [-0.25, -0.2) is 0 Å². The summed E-state index contributed by atoms with van der Waals surface area (Å²) >= 11 is 0. The molecule has 0 bridgehead atoms. The second-order valence-corrected chi connectivity index (χ2v) is 5.66. The number of carbonyl (C=O) groups excluding carboxylic acids is 1. The molecule has 20 heavy (non-hydrogen) atoms. The van der Waals surface area contributed by atoms with E-state index in [0.29, 0.717) is 6.54 Å². The topological polar surface area (TPSA) is 69.5 Å². The quantitative estimate of drug-likeness (QED) is 0.822. The molecule has 3 N–H and O–H groups in total. The first-order chi connectivity index (χ1) is 9.39. The molecule has 0 aliphatic rings. The van der Waals surface area contributed by atoms with Gasteiger partial charge in [0.05, 0.1) is 6.07 Å². The molecule has 0 saturated heterocycles. The number of amides is 1. The summed E-state index contributed by atoms with van der Waals surface area (Å²) < 4.78 is 0. The fraction of sp³-hybridized carbons (Fsp3) is 0.500. The lowest BCUT2D eigenvalue weighted by Crippen LogP contribution is -2.87. The predicted octanol–water partition coefficient (Wildman–Crippen LogP) is 1.37. The molecule has 0 unspecified atom stereocenters. The molecule has 0 radical (unpaired) electrons. The lowest BCUT2D eigenvalue weighted by molar-refractivity contribution is -0.682. The minimum Gasteiger partial charge on any atom is -0.333 e. The van der Waals surface area contributed by atoms with Gasteiger partial charge in [0.25, 0.3) is 5.91 Å². The van der Waals surface area contributed by atoms with E-state index in [-0.39, 0.29) is 17.9 Å². The van der Waals surface area contributed by atoms with Gasteiger partial charge in [-0.2, -0.15) is 5.26 Å². The highest BCUT2D eigenvalue weighted by molar-refractivity contribution is 5.78. The van der Waals surface area contributed by atoms with Crippen molar-refractivity contribution < 1.29 is 10.1 Å². The molecule has 4 heteroatoms. The number of quaternary nitrogens is 1. The smallest absolute Gasteiger partial charge is 0.276 e. The summed E-state index contributed by atoms with van der Waals surface area (Å²) in [6.45, 7) is 8.00. The van der Waals surface area contributed by atoms with Crippen molar-refractivity contribution in [1.82, 2.24) is 5.32 Å². The third-order valence-corrected chi connectivity index (χ3v) is 3.77. The number of carbonyl (C=O) groups is 1. The van der Waals surface area contributed by atoms with E-state index < -0.39 is 5.54 Å². The van der Waals surface area contributed by atoms with Crippen LogP contribution >= 0.6 is 0 Å². The Morgan fingerprint density at radius 2 is 1.95 bits per heavy atom. The van der Waals surface area contributed by atoms with Gasteiger partial charge in [-0.3, -0.25) is 4.79 Å². The largest absolute Gasteiger partial charge is 0.333 e. The van der Waals surface area contributed by atoms with Crippen LogP contribution in [0.3, 0.4) is 0 Å². The van der Waals surface area contributed by atoms with Gasteiger partial charge >= 0.3 is 0 Å². The molecule has 0 aliphatic carbocycles. The number of rotatable bonds is 6. The van der Waals surface area contributed by atoms with Crippen LogP contribution in [-0.2, 0) is 4.79 Å². The molecule has 1 amide bonds. The molecule has 1 aromatic carbocycles. The summed E-state index contributed by atoms with van der Waals surface area (Å²) in [6.07, 6.45) is 0. The Kier molecular flexibility index (Phi) is 5.72. The Bertz CT molecular complexity index is 478. The molecule has 4 nitrogen and oxygen atoms in total. The van der Waals surface area contributed by atoms with Crippen molar-refractivity contribution in [3.63, 3.8) is 0 Å². The monoisotopic (exact) mass is 274 g/mol. The zero-order chi connectivity index (χ0) is 15.2. The van der Waals surface area contributed by atoms with E-state index in [9.17, 15) is 10.1 Å². The van der Waals surface area contributed by atoms with Crippen LogP contribution in [0.2, 0.25) is 0 Å². The van der Waals surface area contributed by atoms with Crippen molar-refractivity contribution in [3.05, 3.63) is 35.9 Å². The normalized spacial score (nSPS) is 15.2. The van der Waals surface area contributed by atoms with Crippen molar-refractivity contribution in [2.75, 3.05) is 6.54 Å². The fourth-order valence-corrected chi connectivity index (χ4v) is 1.82. The first-order valence-electron chi connectivity index (χ1n) is 6.99. The Balaban J connectivity index is 2.50. The van der Waals surface area contributed by atoms with Crippen molar-refractivity contribution >= 4 is 5.91 Å². The maximum Gasteiger partial charge on any atom is 0.276 e. The summed E-state index contributed by atoms with van der Waals surface area (Å²) in [5.41, 5.74) is 0.383. The molecule has 0 aromatic heterocycles. The summed E-state index contributed by atoms with van der Waals surface area (Å²) in [6, 6.07) is 12.5. The van der Waals surface area contributed by atoms with Gasteiger partial charge in [-0.15, -0.1) is 0 Å². The van der Waals surface area contributed by atoms with E-state index >= 15 is 0 Å². The lowest BCUT2D eigenvalue weighted by Gasteiger charge is -2.27. The van der Waals surface area contributed by atoms with Gasteiger partial charge in [0, 0.05) is 5.56 Å². The van der Waals surface area contributed by atoms with Gasteiger partial charge < -0.3 is 10.6 Å². The maximum atomic E-state index is 12.0. The van der Waals surface area contributed by atoms with E-state index in [4.69, 9.17) is 0 Å². The predicted molar refractivity (Wildman–Crippen MR) is 78.6 cm³/mol. The van der Waals surface area contributed by atoms with Crippen molar-refractivity contribution in [2.45, 2.75) is 39.3 Å². The van der Waals surface area contributed by atoms with Crippen LogP contribution in [0.4, 0.5) is 0 Å². The van der Waals surface area contributed by atoms with Crippen LogP contribution in [-0.4, -0.2) is 18.0 Å². The van der Waals surface area contributed by atoms with Crippen LogP contribution in [0, 0.1) is 17.2 Å².